The molecule has 0 spiro atoms. The maximum atomic E-state index is 8.97. The lowest BCUT2D eigenvalue weighted by atomic mass is 9.81. The van der Waals surface area contributed by atoms with Gasteiger partial charge < -0.3 is 10.2 Å². The molecule has 0 aromatic carbocycles. The molecule has 1 rings (SSSR count). The molecule has 11 heavy (non-hydrogen) atoms. The Morgan fingerprint density at radius 1 is 1.36 bits per heavy atom. The third-order valence-electron chi connectivity index (χ3n) is 2.49. The van der Waals surface area contributed by atoms with Crippen molar-refractivity contribution in [1.29, 1.82) is 0 Å². The second kappa shape index (κ2) is 3.88. The predicted octanol–water partition coefficient (Wildman–Crippen LogP) is 0.944. The highest BCUT2D eigenvalue weighted by Gasteiger charge is 2.22. The first-order valence-corrected chi connectivity index (χ1v) is 4.15. The van der Waals surface area contributed by atoms with E-state index in [1.807, 2.05) is 0 Å². The molecule has 2 N–H and O–H groups in total. The summed E-state index contributed by atoms with van der Waals surface area (Å²) in [5, 5.41) is 17.9. The van der Waals surface area contributed by atoms with E-state index < -0.39 is 0 Å². The first kappa shape index (κ1) is 8.75. The van der Waals surface area contributed by atoms with Gasteiger partial charge >= 0.3 is 0 Å². The van der Waals surface area contributed by atoms with Crippen LogP contribution in [-0.2, 0) is 0 Å². The van der Waals surface area contributed by atoms with E-state index in [1.165, 1.54) is 5.57 Å². The van der Waals surface area contributed by atoms with Gasteiger partial charge in [-0.05, 0) is 31.6 Å². The van der Waals surface area contributed by atoms with Crippen LogP contribution < -0.4 is 0 Å². The largest absolute Gasteiger partial charge is 0.396 e. The van der Waals surface area contributed by atoms with E-state index in [0.29, 0.717) is 0 Å². The van der Waals surface area contributed by atoms with Gasteiger partial charge in [-0.3, -0.25) is 0 Å². The summed E-state index contributed by atoms with van der Waals surface area (Å²) >= 11 is 0. The summed E-state index contributed by atoms with van der Waals surface area (Å²) in [5.74, 6) is 0.564. The standard InChI is InChI=1S/C9H16O2/c1-7-2-3-8(5-10)9(4-7)6-11/h2,8-11H,3-6H2,1H3. The Morgan fingerprint density at radius 2 is 2.00 bits per heavy atom. The zero-order valence-corrected chi connectivity index (χ0v) is 6.95. The first-order chi connectivity index (χ1) is 5.27. The zero-order chi connectivity index (χ0) is 8.27. The van der Waals surface area contributed by atoms with Crippen LogP contribution >= 0.6 is 0 Å². The molecular weight excluding hydrogens is 140 g/mol. The molecule has 2 heteroatoms. The highest BCUT2D eigenvalue weighted by Crippen LogP contribution is 2.28. The molecule has 0 saturated carbocycles. The Hall–Kier alpha value is -0.340. The highest BCUT2D eigenvalue weighted by atomic mass is 16.3. The quantitative estimate of drug-likeness (QED) is 0.584. The third-order valence-corrected chi connectivity index (χ3v) is 2.49. The summed E-state index contributed by atoms with van der Waals surface area (Å²) in [6.07, 6.45) is 4.03. The molecule has 1 aliphatic rings. The van der Waals surface area contributed by atoms with Crippen LogP contribution in [0.2, 0.25) is 0 Å². The van der Waals surface area contributed by atoms with E-state index in [9.17, 15) is 0 Å². The van der Waals surface area contributed by atoms with E-state index in [-0.39, 0.29) is 25.0 Å². The van der Waals surface area contributed by atoms with Crippen LogP contribution in [0.4, 0.5) is 0 Å². The van der Waals surface area contributed by atoms with Crippen molar-refractivity contribution in [2.75, 3.05) is 13.2 Å². The Labute approximate surface area is 67.6 Å². The number of hydrogen-bond donors (Lipinski definition) is 2. The number of aliphatic hydroxyl groups is 2. The zero-order valence-electron chi connectivity index (χ0n) is 6.95. The summed E-state index contributed by atoms with van der Waals surface area (Å²) in [4.78, 5) is 0. The third kappa shape index (κ3) is 2.04. The molecule has 2 unspecified atom stereocenters. The van der Waals surface area contributed by atoms with Crippen LogP contribution in [0.25, 0.3) is 0 Å². The molecule has 0 heterocycles. The van der Waals surface area contributed by atoms with E-state index in [4.69, 9.17) is 10.2 Å². The lowest BCUT2D eigenvalue weighted by molar-refractivity contribution is 0.115. The minimum absolute atomic E-state index is 0.203. The lowest BCUT2D eigenvalue weighted by Crippen LogP contribution is -2.24. The second-order valence-electron chi connectivity index (χ2n) is 3.38. The fourth-order valence-corrected chi connectivity index (χ4v) is 1.65. The molecule has 1 aliphatic carbocycles. The summed E-state index contributed by atoms with van der Waals surface area (Å²) in [5.41, 5.74) is 1.34. The number of rotatable bonds is 2. The minimum Gasteiger partial charge on any atom is -0.396 e. The molecule has 2 atom stereocenters. The smallest absolute Gasteiger partial charge is 0.0465 e. The van der Waals surface area contributed by atoms with E-state index in [2.05, 4.69) is 13.0 Å². The van der Waals surface area contributed by atoms with Crippen molar-refractivity contribution in [3.8, 4) is 0 Å². The molecule has 0 radical (unpaired) electrons. The van der Waals surface area contributed by atoms with Gasteiger partial charge in [0.1, 0.15) is 0 Å². The topological polar surface area (TPSA) is 40.5 Å². The lowest BCUT2D eigenvalue weighted by Gasteiger charge is -2.27. The summed E-state index contributed by atoms with van der Waals surface area (Å²) in [7, 11) is 0. The highest BCUT2D eigenvalue weighted by molar-refractivity contribution is 5.05. The van der Waals surface area contributed by atoms with Gasteiger partial charge in [0.2, 0.25) is 0 Å². The summed E-state index contributed by atoms with van der Waals surface area (Å²) in [6, 6.07) is 0. The van der Waals surface area contributed by atoms with Gasteiger partial charge in [-0.2, -0.15) is 0 Å². The van der Waals surface area contributed by atoms with Crippen LogP contribution in [0, 0.1) is 11.8 Å². The predicted molar refractivity (Wildman–Crippen MR) is 44.1 cm³/mol. The molecule has 0 amide bonds. The van der Waals surface area contributed by atoms with Crippen LogP contribution in [0.3, 0.4) is 0 Å². The van der Waals surface area contributed by atoms with Crippen molar-refractivity contribution in [3.63, 3.8) is 0 Å². The van der Waals surface area contributed by atoms with Crippen LogP contribution in [-0.4, -0.2) is 23.4 Å². The van der Waals surface area contributed by atoms with E-state index >= 15 is 0 Å². The fourth-order valence-electron chi connectivity index (χ4n) is 1.65. The molecule has 0 bridgehead atoms. The fraction of sp³-hybridized carbons (Fsp3) is 0.778. The molecule has 0 aromatic rings. The monoisotopic (exact) mass is 156 g/mol. The summed E-state index contributed by atoms with van der Waals surface area (Å²) in [6.45, 7) is 2.49. The molecule has 0 fully saturated rings. The van der Waals surface area contributed by atoms with Crippen LogP contribution in [0.15, 0.2) is 11.6 Å². The van der Waals surface area contributed by atoms with Crippen LogP contribution in [0.1, 0.15) is 19.8 Å². The maximum Gasteiger partial charge on any atom is 0.0465 e. The second-order valence-corrected chi connectivity index (χ2v) is 3.38. The van der Waals surface area contributed by atoms with Crippen LogP contribution in [0.5, 0.6) is 0 Å². The average molecular weight is 156 g/mol. The SMILES string of the molecule is CC1=CCC(CO)C(CO)C1. The van der Waals surface area contributed by atoms with Crippen molar-refractivity contribution in [1.82, 2.24) is 0 Å². The Balaban J connectivity index is 2.55. The van der Waals surface area contributed by atoms with E-state index in [0.717, 1.165) is 12.8 Å². The van der Waals surface area contributed by atoms with Crippen molar-refractivity contribution in [3.05, 3.63) is 11.6 Å². The van der Waals surface area contributed by atoms with Crippen molar-refractivity contribution >= 4 is 0 Å². The molecule has 0 saturated heterocycles. The average Bonchev–Trinajstić information content (AvgIpc) is 2.04. The van der Waals surface area contributed by atoms with Gasteiger partial charge in [0.05, 0.1) is 0 Å². The first-order valence-electron chi connectivity index (χ1n) is 4.15. The number of aliphatic hydroxyl groups excluding tert-OH is 2. The minimum atomic E-state index is 0.203. The molecule has 0 aliphatic heterocycles. The van der Waals surface area contributed by atoms with E-state index in [1.54, 1.807) is 0 Å². The normalized spacial score (nSPS) is 31.7. The van der Waals surface area contributed by atoms with Gasteiger partial charge in [0.15, 0.2) is 0 Å². The van der Waals surface area contributed by atoms with Gasteiger partial charge in [0.25, 0.3) is 0 Å². The van der Waals surface area contributed by atoms with Gasteiger partial charge in [-0.1, -0.05) is 11.6 Å². The molecule has 64 valence electrons. The Bertz CT molecular complexity index is 152. The molecular formula is C9H16O2. The number of allylic oxidation sites excluding steroid dienone is 2. The van der Waals surface area contributed by atoms with Crippen molar-refractivity contribution in [2.24, 2.45) is 11.8 Å². The summed E-state index contributed by atoms with van der Waals surface area (Å²) < 4.78 is 0. The maximum absolute atomic E-state index is 8.97. The van der Waals surface area contributed by atoms with Crippen molar-refractivity contribution in [2.45, 2.75) is 19.8 Å². The Kier molecular flexibility index (Phi) is 3.09. The van der Waals surface area contributed by atoms with Gasteiger partial charge in [0, 0.05) is 13.2 Å². The Morgan fingerprint density at radius 3 is 2.55 bits per heavy atom. The molecule has 2 nitrogen and oxygen atoms in total. The van der Waals surface area contributed by atoms with Crippen molar-refractivity contribution < 1.29 is 10.2 Å². The van der Waals surface area contributed by atoms with Gasteiger partial charge in [-0.15, -0.1) is 0 Å². The molecule has 0 aromatic heterocycles. The van der Waals surface area contributed by atoms with Gasteiger partial charge in [-0.25, -0.2) is 0 Å². The number of hydrogen-bond acceptors (Lipinski definition) is 2.